The molecule has 0 aliphatic carbocycles. The fourth-order valence-electron chi connectivity index (χ4n) is 1.28. The molecule has 2 N–H and O–H groups in total. The number of aliphatic carboxylic acids is 1. The number of hydrogen-bond donors (Lipinski definition) is 2. The molecular formula is C12H24N2O4. The number of carboxylic acid groups (broad SMARTS) is 1. The number of ether oxygens (including phenoxy) is 1. The van der Waals surface area contributed by atoms with Crippen LogP contribution in [0.25, 0.3) is 0 Å². The van der Waals surface area contributed by atoms with Crippen LogP contribution in [0.4, 0.5) is 4.79 Å². The third kappa shape index (κ3) is 11.2. The van der Waals surface area contributed by atoms with E-state index in [9.17, 15) is 9.59 Å². The lowest BCUT2D eigenvalue weighted by Crippen LogP contribution is -2.37. The number of carbonyl (C=O) groups is 2. The van der Waals surface area contributed by atoms with Gasteiger partial charge in [-0.1, -0.05) is 0 Å². The summed E-state index contributed by atoms with van der Waals surface area (Å²) in [6, 6.07) is 0. The van der Waals surface area contributed by atoms with Gasteiger partial charge < -0.3 is 20.1 Å². The van der Waals surface area contributed by atoms with Gasteiger partial charge in [0.05, 0.1) is 0 Å². The lowest BCUT2D eigenvalue weighted by Gasteiger charge is -2.21. The van der Waals surface area contributed by atoms with Gasteiger partial charge in [-0.25, -0.2) is 4.79 Å². The number of hydrogen-bond acceptors (Lipinski definition) is 4. The topological polar surface area (TPSA) is 78.9 Å². The fraction of sp³-hybridized carbons (Fsp3) is 0.833. The van der Waals surface area contributed by atoms with Crippen LogP contribution in [0.5, 0.6) is 0 Å². The van der Waals surface area contributed by atoms with Gasteiger partial charge in [0.2, 0.25) is 0 Å². The smallest absolute Gasteiger partial charge is 0.407 e. The van der Waals surface area contributed by atoms with Crippen molar-refractivity contribution in [3.63, 3.8) is 0 Å². The summed E-state index contributed by atoms with van der Waals surface area (Å²) in [6.07, 6.45) is 0.351. The summed E-state index contributed by atoms with van der Waals surface area (Å²) in [6.45, 7) is 7.28. The van der Waals surface area contributed by atoms with Crippen molar-refractivity contribution in [2.75, 3.05) is 26.7 Å². The van der Waals surface area contributed by atoms with Crippen LogP contribution in [0, 0.1) is 0 Å². The lowest BCUT2D eigenvalue weighted by atomic mass is 10.2. The molecule has 0 saturated heterocycles. The molecule has 6 heteroatoms. The maximum atomic E-state index is 11.3. The molecule has 1 amide bonds. The predicted octanol–water partition coefficient (Wildman–Crippen LogP) is 1.31. The SMILES string of the molecule is CN(CCCC(=O)O)CCNC(=O)OC(C)(C)C. The van der Waals surface area contributed by atoms with Crippen LogP contribution in [0.2, 0.25) is 0 Å². The van der Waals surface area contributed by atoms with Crippen molar-refractivity contribution < 1.29 is 19.4 Å². The van der Waals surface area contributed by atoms with E-state index in [0.29, 0.717) is 26.1 Å². The van der Waals surface area contributed by atoms with E-state index in [1.165, 1.54) is 0 Å². The Hall–Kier alpha value is -1.30. The highest BCUT2D eigenvalue weighted by molar-refractivity contribution is 5.67. The van der Waals surface area contributed by atoms with Crippen molar-refractivity contribution in [2.24, 2.45) is 0 Å². The summed E-state index contributed by atoms with van der Waals surface area (Å²) in [5, 5.41) is 11.1. The number of nitrogens with one attached hydrogen (secondary N) is 1. The summed E-state index contributed by atoms with van der Waals surface area (Å²) < 4.78 is 5.09. The van der Waals surface area contributed by atoms with E-state index in [1.54, 1.807) is 0 Å². The van der Waals surface area contributed by atoms with Gasteiger partial charge in [-0.3, -0.25) is 4.79 Å². The summed E-state index contributed by atoms with van der Waals surface area (Å²) in [4.78, 5) is 23.6. The first-order valence-electron chi connectivity index (χ1n) is 6.08. The molecule has 0 bridgehead atoms. The second-order valence-electron chi connectivity index (χ2n) is 5.23. The average molecular weight is 260 g/mol. The maximum absolute atomic E-state index is 11.3. The van der Waals surface area contributed by atoms with Gasteiger partial charge in [0.25, 0.3) is 0 Å². The minimum absolute atomic E-state index is 0.170. The third-order valence-corrected chi connectivity index (χ3v) is 2.09. The Morgan fingerprint density at radius 3 is 2.39 bits per heavy atom. The van der Waals surface area contributed by atoms with Crippen LogP contribution in [0.1, 0.15) is 33.6 Å². The molecule has 0 radical (unpaired) electrons. The highest BCUT2D eigenvalue weighted by Crippen LogP contribution is 2.06. The number of alkyl carbamates (subject to hydrolysis) is 1. The van der Waals surface area contributed by atoms with Gasteiger partial charge in [-0.2, -0.15) is 0 Å². The van der Waals surface area contributed by atoms with Crippen LogP contribution in [0.3, 0.4) is 0 Å². The molecule has 0 aromatic rings. The fourth-order valence-corrected chi connectivity index (χ4v) is 1.28. The first-order chi connectivity index (χ1) is 8.20. The van der Waals surface area contributed by atoms with Crippen LogP contribution < -0.4 is 5.32 Å². The number of nitrogens with zero attached hydrogens (tertiary/aromatic N) is 1. The van der Waals surface area contributed by atoms with Gasteiger partial charge in [0, 0.05) is 19.5 Å². The van der Waals surface area contributed by atoms with E-state index in [1.807, 2.05) is 32.7 Å². The molecule has 0 aliphatic heterocycles. The molecule has 0 spiro atoms. The molecule has 106 valence electrons. The van der Waals surface area contributed by atoms with Crippen LogP contribution in [0.15, 0.2) is 0 Å². The summed E-state index contributed by atoms with van der Waals surface area (Å²) >= 11 is 0. The Kier molecular flexibility index (Phi) is 7.35. The largest absolute Gasteiger partial charge is 0.481 e. The molecule has 6 nitrogen and oxygen atoms in total. The second kappa shape index (κ2) is 7.92. The van der Waals surface area contributed by atoms with Crippen molar-refractivity contribution in [3.05, 3.63) is 0 Å². The summed E-state index contributed by atoms with van der Waals surface area (Å²) in [5.74, 6) is -0.782. The van der Waals surface area contributed by atoms with E-state index in [4.69, 9.17) is 9.84 Å². The van der Waals surface area contributed by atoms with Crippen LogP contribution >= 0.6 is 0 Å². The summed E-state index contributed by atoms with van der Waals surface area (Å²) in [7, 11) is 1.89. The molecule has 0 unspecified atom stereocenters. The monoisotopic (exact) mass is 260 g/mol. The van der Waals surface area contributed by atoms with E-state index < -0.39 is 17.7 Å². The van der Waals surface area contributed by atoms with Gasteiger partial charge in [0.15, 0.2) is 0 Å². The van der Waals surface area contributed by atoms with Gasteiger partial charge in [-0.05, 0) is 40.8 Å². The maximum Gasteiger partial charge on any atom is 0.407 e. The highest BCUT2D eigenvalue weighted by atomic mass is 16.6. The molecule has 0 saturated carbocycles. The first-order valence-corrected chi connectivity index (χ1v) is 6.08. The second-order valence-corrected chi connectivity index (χ2v) is 5.23. The molecule has 0 aromatic carbocycles. The molecular weight excluding hydrogens is 236 g/mol. The molecule has 0 atom stereocenters. The van der Waals surface area contributed by atoms with Gasteiger partial charge in [-0.15, -0.1) is 0 Å². The molecule has 0 rings (SSSR count). The Balaban J connectivity index is 3.59. The number of carboxylic acids is 1. The van der Waals surface area contributed by atoms with Crippen LogP contribution in [-0.2, 0) is 9.53 Å². The quantitative estimate of drug-likeness (QED) is 0.721. The van der Waals surface area contributed by atoms with E-state index in [2.05, 4.69) is 5.32 Å². The van der Waals surface area contributed by atoms with Crippen molar-refractivity contribution in [3.8, 4) is 0 Å². The normalized spacial score (nSPS) is 11.4. The van der Waals surface area contributed by atoms with Crippen molar-refractivity contribution in [1.82, 2.24) is 10.2 Å². The van der Waals surface area contributed by atoms with Crippen LogP contribution in [-0.4, -0.2) is 54.4 Å². The van der Waals surface area contributed by atoms with E-state index in [-0.39, 0.29) is 6.42 Å². The standard InChI is InChI=1S/C12H24N2O4/c1-12(2,3)18-11(17)13-7-9-14(4)8-5-6-10(15)16/h5-9H2,1-4H3,(H,13,17)(H,15,16). The summed E-state index contributed by atoms with van der Waals surface area (Å²) in [5.41, 5.74) is -0.489. The Morgan fingerprint density at radius 1 is 1.28 bits per heavy atom. The zero-order valence-corrected chi connectivity index (χ0v) is 11.7. The number of carbonyl (C=O) groups excluding carboxylic acids is 1. The van der Waals surface area contributed by atoms with Crippen molar-refractivity contribution in [2.45, 2.75) is 39.2 Å². The number of likely N-dealkylation sites (N-methyl/N-ethyl adjacent to an activating group) is 1. The zero-order valence-electron chi connectivity index (χ0n) is 11.7. The number of rotatable bonds is 7. The van der Waals surface area contributed by atoms with Gasteiger partial charge >= 0.3 is 12.1 Å². The number of amides is 1. The van der Waals surface area contributed by atoms with E-state index >= 15 is 0 Å². The van der Waals surface area contributed by atoms with Gasteiger partial charge in [0.1, 0.15) is 5.60 Å². The zero-order chi connectivity index (χ0) is 14.2. The minimum atomic E-state index is -0.782. The third-order valence-electron chi connectivity index (χ3n) is 2.09. The van der Waals surface area contributed by atoms with E-state index in [0.717, 1.165) is 0 Å². The molecule has 18 heavy (non-hydrogen) atoms. The first kappa shape index (κ1) is 16.7. The Morgan fingerprint density at radius 2 is 1.89 bits per heavy atom. The Labute approximate surface area is 108 Å². The Bertz CT molecular complexity index is 274. The lowest BCUT2D eigenvalue weighted by molar-refractivity contribution is -0.137. The molecule has 0 heterocycles. The highest BCUT2D eigenvalue weighted by Gasteiger charge is 2.15. The van der Waals surface area contributed by atoms with Crippen molar-refractivity contribution >= 4 is 12.1 Å². The molecule has 0 aliphatic rings. The minimum Gasteiger partial charge on any atom is -0.481 e. The molecule has 0 fully saturated rings. The van der Waals surface area contributed by atoms with Crippen molar-refractivity contribution in [1.29, 1.82) is 0 Å². The average Bonchev–Trinajstić information content (AvgIpc) is 2.13. The molecule has 0 aromatic heterocycles. The predicted molar refractivity (Wildman–Crippen MR) is 68.6 cm³/mol.